The Morgan fingerprint density at radius 2 is 1.65 bits per heavy atom. The van der Waals surface area contributed by atoms with Gasteiger partial charge in [-0.2, -0.15) is 0 Å². The van der Waals surface area contributed by atoms with Gasteiger partial charge in [0, 0.05) is 31.0 Å². The van der Waals surface area contributed by atoms with Crippen LogP contribution < -0.4 is 11.1 Å². The fourth-order valence-electron chi connectivity index (χ4n) is 3.06. The van der Waals surface area contributed by atoms with E-state index in [0.717, 1.165) is 11.1 Å². The molecule has 0 spiro atoms. The molecule has 2 aromatic carbocycles. The zero-order valence-corrected chi connectivity index (χ0v) is 19.8. The number of nitrogens with zero attached hydrogens (tertiary/aromatic N) is 1. The van der Waals surface area contributed by atoms with Crippen LogP contribution in [0, 0.1) is 6.92 Å². The molecule has 31 heavy (non-hydrogen) atoms. The van der Waals surface area contributed by atoms with E-state index in [1.807, 2.05) is 43.3 Å². The maximum absolute atomic E-state index is 12.2. The lowest BCUT2D eigenvalue weighted by Gasteiger charge is -2.14. The molecule has 3 N–H and O–H groups in total. The van der Waals surface area contributed by atoms with Crippen LogP contribution in [0.5, 0.6) is 0 Å². The Morgan fingerprint density at radius 1 is 1.03 bits per heavy atom. The molecule has 0 saturated carbocycles. The quantitative estimate of drug-likeness (QED) is 0.470. The Hall–Kier alpha value is -2.34. The molecule has 1 heterocycles. The number of hydrogen-bond acceptors (Lipinski definition) is 4. The highest BCUT2D eigenvalue weighted by atomic mass is 35.5. The Labute approximate surface area is 196 Å². The van der Waals surface area contributed by atoms with Crippen LogP contribution in [0.25, 0.3) is 11.3 Å². The van der Waals surface area contributed by atoms with E-state index < -0.39 is 0 Å². The summed E-state index contributed by atoms with van der Waals surface area (Å²) in [6.07, 6.45) is 2.47. The van der Waals surface area contributed by atoms with Gasteiger partial charge < -0.3 is 15.5 Å². The topological polar surface area (TPSA) is 81.2 Å². The van der Waals surface area contributed by atoms with Crippen LogP contribution in [-0.4, -0.2) is 17.4 Å². The normalized spacial score (nSPS) is 11.4. The Morgan fingerprint density at radius 3 is 2.26 bits per heavy atom. The monoisotopic (exact) mass is 463 g/mol. The number of benzene rings is 2. The van der Waals surface area contributed by atoms with Gasteiger partial charge in [0.05, 0.1) is 6.20 Å². The van der Waals surface area contributed by atoms with E-state index in [0.29, 0.717) is 37.0 Å². The highest BCUT2D eigenvalue weighted by Crippen LogP contribution is 2.21. The largest absolute Gasteiger partial charge is 0.441 e. The Balaban J connectivity index is 0.00000240. The van der Waals surface area contributed by atoms with Crippen molar-refractivity contribution < 1.29 is 9.21 Å². The second-order valence-electron chi connectivity index (χ2n) is 7.72. The van der Waals surface area contributed by atoms with Gasteiger partial charge in [-0.25, -0.2) is 4.98 Å². The van der Waals surface area contributed by atoms with Gasteiger partial charge in [-0.3, -0.25) is 4.79 Å². The van der Waals surface area contributed by atoms with Gasteiger partial charge >= 0.3 is 0 Å². The molecule has 0 aliphatic rings. The molecular weight excluding hydrogens is 433 g/mol. The zero-order valence-electron chi connectivity index (χ0n) is 18.1. The van der Waals surface area contributed by atoms with Gasteiger partial charge in [0.25, 0.3) is 0 Å². The molecule has 7 heteroatoms. The lowest BCUT2D eigenvalue weighted by molar-refractivity contribution is -0.121. The van der Waals surface area contributed by atoms with Crippen molar-refractivity contribution in [3.05, 3.63) is 77.3 Å². The molecule has 3 rings (SSSR count). The van der Waals surface area contributed by atoms with E-state index in [1.165, 1.54) is 11.1 Å². The maximum Gasteiger partial charge on any atom is 0.220 e. The van der Waals surface area contributed by atoms with Crippen LogP contribution in [0.2, 0.25) is 0 Å². The number of nitrogens with one attached hydrogen (secondary N) is 1. The highest BCUT2D eigenvalue weighted by Gasteiger charge is 2.11. The lowest BCUT2D eigenvalue weighted by atomic mass is 9.99. The van der Waals surface area contributed by atoms with Crippen molar-refractivity contribution in [3.63, 3.8) is 0 Å². The standard InChI is InChI=1S/C24H29N3O2.2ClH/c1-16(2)18-8-10-19(11-9-18)21(25)14-26-23(28)12-13-24-27-15-22(29-24)20-6-4-17(3)5-7-20;;/h4-11,15-16,21H,12-14,25H2,1-3H3,(H,26,28);2*1H. The summed E-state index contributed by atoms with van der Waals surface area (Å²) in [5, 5.41) is 2.90. The summed E-state index contributed by atoms with van der Waals surface area (Å²) >= 11 is 0. The molecule has 168 valence electrons. The van der Waals surface area contributed by atoms with E-state index in [9.17, 15) is 4.79 Å². The summed E-state index contributed by atoms with van der Waals surface area (Å²) in [5.41, 5.74) is 10.7. The summed E-state index contributed by atoms with van der Waals surface area (Å²) in [6, 6.07) is 16.1. The van der Waals surface area contributed by atoms with Crippen LogP contribution >= 0.6 is 24.8 Å². The predicted molar refractivity (Wildman–Crippen MR) is 130 cm³/mol. The lowest BCUT2D eigenvalue weighted by Crippen LogP contribution is -2.32. The molecule has 0 fully saturated rings. The second-order valence-corrected chi connectivity index (χ2v) is 7.72. The first kappa shape index (κ1) is 26.7. The molecule has 5 nitrogen and oxygen atoms in total. The van der Waals surface area contributed by atoms with Crippen LogP contribution in [0.1, 0.15) is 54.8 Å². The van der Waals surface area contributed by atoms with Crippen molar-refractivity contribution >= 4 is 30.7 Å². The third-order valence-electron chi connectivity index (χ3n) is 5.01. The van der Waals surface area contributed by atoms with Gasteiger partial charge in [-0.15, -0.1) is 24.8 Å². The van der Waals surface area contributed by atoms with Gasteiger partial charge in [-0.1, -0.05) is 67.9 Å². The summed E-state index contributed by atoms with van der Waals surface area (Å²) in [5.74, 6) is 1.70. The molecule has 0 aliphatic heterocycles. The minimum Gasteiger partial charge on any atom is -0.441 e. The molecule has 0 radical (unpaired) electrons. The first-order chi connectivity index (χ1) is 13.9. The van der Waals surface area contributed by atoms with Gasteiger partial charge in [0.1, 0.15) is 0 Å². The molecule has 1 aromatic heterocycles. The van der Waals surface area contributed by atoms with Gasteiger partial charge in [0.15, 0.2) is 11.7 Å². The van der Waals surface area contributed by atoms with Gasteiger partial charge in [0.2, 0.25) is 5.91 Å². The second kappa shape index (κ2) is 12.5. The van der Waals surface area contributed by atoms with Crippen molar-refractivity contribution in [2.24, 2.45) is 5.73 Å². The number of aryl methyl sites for hydroxylation is 2. The van der Waals surface area contributed by atoms with E-state index in [-0.39, 0.29) is 36.8 Å². The third-order valence-corrected chi connectivity index (χ3v) is 5.01. The van der Waals surface area contributed by atoms with E-state index in [2.05, 4.69) is 36.3 Å². The number of nitrogens with two attached hydrogens (primary N) is 1. The zero-order chi connectivity index (χ0) is 20.8. The Kier molecular flexibility index (Phi) is 10.8. The van der Waals surface area contributed by atoms with Crippen molar-refractivity contribution in [1.29, 1.82) is 0 Å². The van der Waals surface area contributed by atoms with Gasteiger partial charge in [-0.05, 0) is 24.0 Å². The van der Waals surface area contributed by atoms with Crippen molar-refractivity contribution in [3.8, 4) is 11.3 Å². The molecular formula is C24H31Cl2N3O2. The first-order valence-electron chi connectivity index (χ1n) is 10.1. The molecule has 0 saturated heterocycles. The minimum atomic E-state index is -0.227. The fraction of sp³-hybridized carbons (Fsp3) is 0.333. The average Bonchev–Trinajstić information content (AvgIpc) is 3.20. The van der Waals surface area contributed by atoms with E-state index in [1.54, 1.807) is 6.20 Å². The molecule has 3 aromatic rings. The number of aromatic nitrogens is 1. The molecule has 1 amide bonds. The van der Waals surface area contributed by atoms with Crippen LogP contribution in [0.3, 0.4) is 0 Å². The summed E-state index contributed by atoms with van der Waals surface area (Å²) in [7, 11) is 0. The Bertz CT molecular complexity index is 938. The smallest absolute Gasteiger partial charge is 0.220 e. The van der Waals surface area contributed by atoms with Crippen molar-refractivity contribution in [1.82, 2.24) is 10.3 Å². The number of rotatable bonds is 8. The SMILES string of the molecule is Cc1ccc(-c2cnc(CCC(=O)NCC(N)c3ccc(C(C)C)cc3)o2)cc1.Cl.Cl. The first-order valence-corrected chi connectivity index (χ1v) is 10.1. The van der Waals surface area contributed by atoms with Crippen molar-refractivity contribution in [2.45, 2.75) is 45.6 Å². The molecule has 1 atom stereocenters. The van der Waals surface area contributed by atoms with Crippen LogP contribution in [0.15, 0.2) is 59.1 Å². The minimum absolute atomic E-state index is 0. The maximum atomic E-state index is 12.2. The summed E-state index contributed by atoms with van der Waals surface area (Å²) in [4.78, 5) is 16.5. The fourth-order valence-corrected chi connectivity index (χ4v) is 3.06. The number of halogens is 2. The molecule has 0 aliphatic carbocycles. The summed E-state index contributed by atoms with van der Waals surface area (Å²) in [6.45, 7) is 6.76. The number of amides is 1. The van der Waals surface area contributed by atoms with Crippen LogP contribution in [0.4, 0.5) is 0 Å². The van der Waals surface area contributed by atoms with Crippen molar-refractivity contribution in [2.75, 3.05) is 6.54 Å². The number of carbonyl (C=O) groups excluding carboxylic acids is 1. The number of carbonyl (C=O) groups is 1. The van der Waals surface area contributed by atoms with E-state index >= 15 is 0 Å². The predicted octanol–water partition coefficient (Wildman–Crippen LogP) is 5.37. The number of hydrogen-bond donors (Lipinski definition) is 2. The van der Waals surface area contributed by atoms with Crippen LogP contribution in [-0.2, 0) is 11.2 Å². The molecule has 0 bridgehead atoms. The molecule has 1 unspecified atom stereocenters. The van der Waals surface area contributed by atoms with E-state index in [4.69, 9.17) is 10.2 Å². The summed E-state index contributed by atoms with van der Waals surface area (Å²) < 4.78 is 5.77. The average molecular weight is 464 g/mol. The third kappa shape index (κ3) is 7.69. The number of oxazole rings is 1. The highest BCUT2D eigenvalue weighted by molar-refractivity contribution is 5.85.